The molecule has 20 heavy (non-hydrogen) atoms. The third kappa shape index (κ3) is 3.42. The van der Waals surface area contributed by atoms with Gasteiger partial charge in [-0.1, -0.05) is 13.8 Å². The zero-order valence-corrected chi connectivity index (χ0v) is 12.0. The highest BCUT2D eigenvalue weighted by Crippen LogP contribution is 2.19. The molecule has 108 valence electrons. The lowest BCUT2D eigenvalue weighted by molar-refractivity contribution is 0.519. The Morgan fingerprint density at radius 1 is 1.25 bits per heavy atom. The molecule has 1 atom stereocenters. The highest BCUT2D eigenvalue weighted by Gasteiger charge is 2.19. The maximum absolute atomic E-state index is 13.0. The van der Waals surface area contributed by atoms with E-state index in [1.165, 1.54) is 12.3 Å². The Morgan fingerprint density at radius 3 is 2.75 bits per heavy atom. The topological polar surface area (TPSA) is 42.7 Å². The average molecular weight is 276 g/mol. The summed E-state index contributed by atoms with van der Waals surface area (Å²) in [4.78, 5) is 8.65. The molecular weight excluding hydrogens is 255 g/mol. The van der Waals surface area contributed by atoms with Crippen LogP contribution in [-0.4, -0.2) is 21.1 Å². The first-order valence-electron chi connectivity index (χ1n) is 7.12. The van der Waals surface area contributed by atoms with Gasteiger partial charge in [0.15, 0.2) is 0 Å². The minimum atomic E-state index is -0.320. The quantitative estimate of drug-likeness (QED) is 0.845. The molecule has 4 nitrogen and oxygen atoms in total. The van der Waals surface area contributed by atoms with Gasteiger partial charge in [0.25, 0.3) is 0 Å². The van der Waals surface area contributed by atoms with Gasteiger partial charge in [-0.3, -0.25) is 4.98 Å². The predicted octanol–water partition coefficient (Wildman–Crippen LogP) is 2.92. The summed E-state index contributed by atoms with van der Waals surface area (Å²) in [5.41, 5.74) is 0.795. The van der Waals surface area contributed by atoms with E-state index in [-0.39, 0.29) is 11.9 Å². The second-order valence-electron chi connectivity index (χ2n) is 4.77. The standard InChI is InChI=1S/C15H21FN4/c1-3-7-17-14(13-6-5-12(16)11-19-13)15-18-8-10-20(15)9-4-2/h5-6,8,10-11,14,17H,3-4,7,9H2,1-2H3. The van der Waals surface area contributed by atoms with E-state index >= 15 is 0 Å². The van der Waals surface area contributed by atoms with E-state index in [0.29, 0.717) is 0 Å². The fourth-order valence-electron chi connectivity index (χ4n) is 2.19. The number of imidazole rings is 1. The minimum Gasteiger partial charge on any atom is -0.333 e. The summed E-state index contributed by atoms with van der Waals surface area (Å²) in [5, 5.41) is 3.44. The van der Waals surface area contributed by atoms with Gasteiger partial charge in [-0.2, -0.15) is 0 Å². The molecule has 2 aromatic rings. The molecule has 0 aliphatic heterocycles. The summed E-state index contributed by atoms with van der Waals surface area (Å²) in [5.74, 6) is 0.610. The summed E-state index contributed by atoms with van der Waals surface area (Å²) >= 11 is 0. The fourth-order valence-corrected chi connectivity index (χ4v) is 2.19. The number of pyridine rings is 1. The molecule has 2 heterocycles. The molecule has 1 unspecified atom stereocenters. The van der Waals surface area contributed by atoms with Crippen molar-refractivity contribution in [1.82, 2.24) is 19.9 Å². The third-order valence-electron chi connectivity index (χ3n) is 3.11. The van der Waals surface area contributed by atoms with Gasteiger partial charge in [-0.25, -0.2) is 9.37 Å². The fraction of sp³-hybridized carbons (Fsp3) is 0.467. The Kier molecular flexibility index (Phi) is 5.24. The number of nitrogens with one attached hydrogen (secondary N) is 1. The Morgan fingerprint density at radius 2 is 2.10 bits per heavy atom. The minimum absolute atomic E-state index is 0.0999. The molecule has 2 rings (SSSR count). The first-order chi connectivity index (χ1) is 9.76. The van der Waals surface area contributed by atoms with Crippen molar-refractivity contribution >= 4 is 0 Å². The van der Waals surface area contributed by atoms with Crippen molar-refractivity contribution in [3.63, 3.8) is 0 Å². The van der Waals surface area contributed by atoms with Gasteiger partial charge >= 0.3 is 0 Å². The second-order valence-corrected chi connectivity index (χ2v) is 4.77. The monoisotopic (exact) mass is 276 g/mol. The van der Waals surface area contributed by atoms with E-state index in [0.717, 1.165) is 37.4 Å². The van der Waals surface area contributed by atoms with Crippen molar-refractivity contribution in [1.29, 1.82) is 0 Å². The maximum atomic E-state index is 13.0. The molecule has 0 radical (unpaired) electrons. The highest BCUT2D eigenvalue weighted by molar-refractivity contribution is 5.18. The largest absolute Gasteiger partial charge is 0.333 e. The van der Waals surface area contributed by atoms with E-state index in [4.69, 9.17) is 0 Å². The molecular formula is C15H21FN4. The first kappa shape index (κ1) is 14.7. The van der Waals surface area contributed by atoms with Crippen LogP contribution in [0.25, 0.3) is 0 Å². The Hall–Kier alpha value is -1.75. The molecule has 0 aliphatic carbocycles. The first-order valence-corrected chi connectivity index (χ1v) is 7.12. The molecule has 0 aliphatic rings. The van der Waals surface area contributed by atoms with Crippen molar-refractivity contribution in [3.05, 3.63) is 48.1 Å². The smallest absolute Gasteiger partial charge is 0.141 e. The molecule has 0 aromatic carbocycles. The van der Waals surface area contributed by atoms with Crippen molar-refractivity contribution in [2.75, 3.05) is 6.54 Å². The molecule has 0 fully saturated rings. The van der Waals surface area contributed by atoms with Crippen molar-refractivity contribution in [2.45, 2.75) is 39.3 Å². The molecule has 0 saturated carbocycles. The second kappa shape index (κ2) is 7.14. The van der Waals surface area contributed by atoms with Crippen LogP contribution in [0.3, 0.4) is 0 Å². The molecule has 1 N–H and O–H groups in total. The normalized spacial score (nSPS) is 12.6. The lowest BCUT2D eigenvalue weighted by Gasteiger charge is -2.19. The van der Waals surface area contributed by atoms with E-state index in [1.807, 2.05) is 6.20 Å². The summed E-state index contributed by atoms with van der Waals surface area (Å²) in [6.07, 6.45) is 7.09. The van der Waals surface area contributed by atoms with Gasteiger partial charge in [0.05, 0.1) is 11.9 Å². The van der Waals surface area contributed by atoms with Crippen LogP contribution in [0.5, 0.6) is 0 Å². The third-order valence-corrected chi connectivity index (χ3v) is 3.11. The van der Waals surface area contributed by atoms with E-state index in [2.05, 4.69) is 33.7 Å². The lowest BCUT2D eigenvalue weighted by atomic mass is 10.1. The van der Waals surface area contributed by atoms with E-state index in [9.17, 15) is 4.39 Å². The number of hydrogen-bond acceptors (Lipinski definition) is 3. The van der Waals surface area contributed by atoms with Crippen LogP contribution in [0.1, 0.15) is 44.2 Å². The lowest BCUT2D eigenvalue weighted by Crippen LogP contribution is -2.27. The summed E-state index contributed by atoms with van der Waals surface area (Å²) in [6, 6.07) is 3.06. The molecule has 0 amide bonds. The molecule has 2 aromatic heterocycles. The van der Waals surface area contributed by atoms with Crippen LogP contribution in [0.2, 0.25) is 0 Å². The zero-order chi connectivity index (χ0) is 14.4. The Labute approximate surface area is 119 Å². The van der Waals surface area contributed by atoms with Crippen LogP contribution in [0.4, 0.5) is 4.39 Å². The number of halogens is 1. The number of aromatic nitrogens is 3. The average Bonchev–Trinajstić information content (AvgIpc) is 2.90. The van der Waals surface area contributed by atoms with Crippen LogP contribution >= 0.6 is 0 Å². The van der Waals surface area contributed by atoms with E-state index in [1.54, 1.807) is 12.3 Å². The summed E-state index contributed by atoms with van der Waals surface area (Å²) in [6.45, 7) is 6.03. The van der Waals surface area contributed by atoms with Crippen LogP contribution in [0.15, 0.2) is 30.7 Å². The summed E-state index contributed by atoms with van der Waals surface area (Å²) < 4.78 is 15.2. The Balaban J connectivity index is 2.31. The molecule has 0 spiro atoms. The van der Waals surface area contributed by atoms with Crippen molar-refractivity contribution < 1.29 is 4.39 Å². The van der Waals surface area contributed by atoms with Gasteiger partial charge < -0.3 is 9.88 Å². The predicted molar refractivity (Wildman–Crippen MR) is 76.8 cm³/mol. The van der Waals surface area contributed by atoms with Crippen LogP contribution < -0.4 is 5.32 Å². The number of rotatable bonds is 7. The number of hydrogen-bond donors (Lipinski definition) is 1. The zero-order valence-electron chi connectivity index (χ0n) is 12.0. The number of aryl methyl sites for hydroxylation is 1. The highest BCUT2D eigenvalue weighted by atomic mass is 19.1. The van der Waals surface area contributed by atoms with Gasteiger partial charge in [0.2, 0.25) is 0 Å². The van der Waals surface area contributed by atoms with Crippen LogP contribution in [-0.2, 0) is 6.54 Å². The van der Waals surface area contributed by atoms with E-state index < -0.39 is 0 Å². The molecule has 0 bridgehead atoms. The van der Waals surface area contributed by atoms with Crippen molar-refractivity contribution in [2.24, 2.45) is 0 Å². The van der Waals surface area contributed by atoms with Gasteiger partial charge in [0, 0.05) is 18.9 Å². The summed E-state index contributed by atoms with van der Waals surface area (Å²) in [7, 11) is 0. The maximum Gasteiger partial charge on any atom is 0.141 e. The van der Waals surface area contributed by atoms with Gasteiger partial charge in [0.1, 0.15) is 17.7 Å². The van der Waals surface area contributed by atoms with Gasteiger partial charge in [-0.15, -0.1) is 0 Å². The van der Waals surface area contributed by atoms with Crippen molar-refractivity contribution in [3.8, 4) is 0 Å². The van der Waals surface area contributed by atoms with Crippen LogP contribution in [0, 0.1) is 5.82 Å². The molecule has 0 saturated heterocycles. The Bertz CT molecular complexity index is 521. The van der Waals surface area contributed by atoms with Gasteiger partial charge in [-0.05, 0) is 31.5 Å². The SMILES string of the molecule is CCCNC(c1ccc(F)cn1)c1nccn1CCC. The molecule has 5 heteroatoms. The number of nitrogens with zero attached hydrogens (tertiary/aromatic N) is 3.